The Morgan fingerprint density at radius 2 is 1.76 bits per heavy atom. The van der Waals surface area contributed by atoms with E-state index in [-0.39, 0.29) is 24.8 Å². The fourth-order valence-electron chi connectivity index (χ4n) is 4.16. The van der Waals surface area contributed by atoms with E-state index in [9.17, 15) is 13.2 Å². The number of halogens is 5. The molecule has 1 aliphatic heterocycles. The number of morpholine rings is 1. The first-order valence-electron chi connectivity index (χ1n) is 12.1. The molecule has 0 aliphatic carbocycles. The van der Waals surface area contributed by atoms with Crippen LogP contribution >= 0.6 is 36.6 Å². The van der Waals surface area contributed by atoms with Crippen molar-refractivity contribution in [2.75, 3.05) is 45.8 Å². The zero-order valence-corrected chi connectivity index (χ0v) is 23.6. The van der Waals surface area contributed by atoms with Crippen LogP contribution in [-0.4, -0.2) is 55.7 Å². The molecule has 0 amide bonds. The summed E-state index contributed by atoms with van der Waals surface area (Å²) in [6, 6.07) is 14.1. The Labute approximate surface area is 238 Å². The monoisotopic (exact) mass is 592 g/mol. The number of para-hydroxylation sites is 2. The van der Waals surface area contributed by atoms with Gasteiger partial charge in [-0.05, 0) is 43.2 Å². The van der Waals surface area contributed by atoms with Crippen molar-refractivity contribution in [1.82, 2.24) is 9.88 Å². The van der Waals surface area contributed by atoms with E-state index >= 15 is 0 Å². The Balaban J connectivity index is 0.00000253. The molecule has 0 atom stereocenters. The minimum absolute atomic E-state index is 0. The number of alkyl halides is 3. The fraction of sp³-hybridized carbons (Fsp3) is 0.444. The lowest BCUT2D eigenvalue weighted by molar-refractivity contribution is -0.141. The molecule has 0 unspecified atom stereocenters. The largest absolute Gasteiger partial charge is 0.493 e. The highest BCUT2D eigenvalue weighted by atomic mass is 35.5. The van der Waals surface area contributed by atoms with Gasteiger partial charge in [-0.3, -0.25) is 4.90 Å². The molecule has 0 radical (unpaired) electrons. The van der Waals surface area contributed by atoms with Gasteiger partial charge < -0.3 is 14.2 Å². The highest BCUT2D eigenvalue weighted by molar-refractivity contribution is 7.99. The number of aromatic nitrogens is 1. The molecule has 1 aromatic heterocycles. The van der Waals surface area contributed by atoms with Crippen LogP contribution in [0.1, 0.15) is 30.5 Å². The molecule has 4 rings (SSSR count). The number of fused-ring (bicyclic) bond motifs is 1. The van der Waals surface area contributed by atoms with Gasteiger partial charge in [-0.25, -0.2) is 4.98 Å². The predicted octanol–water partition coefficient (Wildman–Crippen LogP) is 7.28. The molecule has 1 saturated heterocycles. The van der Waals surface area contributed by atoms with E-state index in [0.717, 1.165) is 86.4 Å². The van der Waals surface area contributed by atoms with Crippen molar-refractivity contribution < 1.29 is 27.4 Å². The Hall–Kier alpha value is -1.91. The van der Waals surface area contributed by atoms with Crippen LogP contribution in [0.2, 0.25) is 0 Å². The first kappa shape index (κ1) is 32.3. The summed E-state index contributed by atoms with van der Waals surface area (Å²) in [5.74, 6) is 2.23. The van der Waals surface area contributed by atoms with E-state index in [2.05, 4.69) is 16.0 Å². The Kier molecular flexibility index (Phi) is 13.3. The van der Waals surface area contributed by atoms with Crippen molar-refractivity contribution in [2.45, 2.75) is 36.9 Å². The van der Waals surface area contributed by atoms with Crippen LogP contribution in [0, 0.1) is 0 Å². The molecule has 0 spiro atoms. The lowest BCUT2D eigenvalue weighted by Crippen LogP contribution is -2.35. The van der Waals surface area contributed by atoms with Crippen molar-refractivity contribution in [1.29, 1.82) is 0 Å². The van der Waals surface area contributed by atoms with Gasteiger partial charge in [-0.2, -0.15) is 13.2 Å². The molecule has 0 saturated carbocycles. The molecule has 210 valence electrons. The minimum atomic E-state index is -4.46. The molecule has 3 aromatic rings. The number of unbranched alkanes of at least 4 members (excludes halogenated alkanes) is 2. The third kappa shape index (κ3) is 8.81. The molecule has 2 heterocycles. The summed E-state index contributed by atoms with van der Waals surface area (Å²) >= 11 is 1.45. The second-order valence-corrected chi connectivity index (χ2v) is 9.75. The van der Waals surface area contributed by atoms with E-state index < -0.39 is 11.9 Å². The van der Waals surface area contributed by atoms with Gasteiger partial charge in [0, 0.05) is 35.5 Å². The highest BCUT2D eigenvalue weighted by Crippen LogP contribution is 2.35. The summed E-state index contributed by atoms with van der Waals surface area (Å²) in [6.07, 6.45) is -1.83. The van der Waals surface area contributed by atoms with Gasteiger partial charge in [0.2, 0.25) is 0 Å². The predicted molar refractivity (Wildman–Crippen MR) is 150 cm³/mol. The van der Waals surface area contributed by atoms with Crippen LogP contribution < -0.4 is 9.47 Å². The standard InChI is InChI=1S/C27H31F3N2O3S.2ClH/c1-33-23-11-7-8-20(19-32-12-15-34-16-13-32)26(23)35-14-5-2-6-17-36-24-18-25(27(28,29)30)31-22-10-4-3-9-21(22)24;;/h3-4,7-11,18H,2,5-6,12-17,19H2,1H3;2*1H. The normalized spacial score (nSPS) is 14.0. The third-order valence-corrected chi connectivity index (χ3v) is 7.18. The van der Waals surface area contributed by atoms with E-state index in [4.69, 9.17) is 14.2 Å². The topological polar surface area (TPSA) is 43.8 Å². The van der Waals surface area contributed by atoms with Gasteiger partial charge in [-0.15, -0.1) is 36.6 Å². The maximum atomic E-state index is 13.3. The number of ether oxygens (including phenoxy) is 3. The number of hydrogen-bond donors (Lipinski definition) is 0. The summed E-state index contributed by atoms with van der Waals surface area (Å²) in [5, 5.41) is 0.753. The van der Waals surface area contributed by atoms with E-state index in [1.165, 1.54) is 11.8 Å². The average molecular weight is 594 g/mol. The van der Waals surface area contributed by atoms with Gasteiger partial charge in [0.1, 0.15) is 5.69 Å². The van der Waals surface area contributed by atoms with Crippen LogP contribution in [0.25, 0.3) is 10.9 Å². The summed E-state index contributed by atoms with van der Waals surface area (Å²) < 4.78 is 57.0. The summed E-state index contributed by atoms with van der Waals surface area (Å²) in [4.78, 5) is 6.75. The van der Waals surface area contributed by atoms with E-state index in [1.807, 2.05) is 24.3 Å². The molecule has 1 aliphatic rings. The minimum Gasteiger partial charge on any atom is -0.493 e. The van der Waals surface area contributed by atoms with Gasteiger partial charge in [0.25, 0.3) is 0 Å². The highest BCUT2D eigenvalue weighted by Gasteiger charge is 2.33. The van der Waals surface area contributed by atoms with Crippen LogP contribution in [-0.2, 0) is 17.5 Å². The van der Waals surface area contributed by atoms with Crippen LogP contribution in [0.4, 0.5) is 13.2 Å². The molecule has 2 aromatic carbocycles. The fourth-order valence-corrected chi connectivity index (χ4v) is 5.25. The number of benzene rings is 2. The van der Waals surface area contributed by atoms with E-state index in [1.54, 1.807) is 19.2 Å². The number of thioether (sulfide) groups is 1. The van der Waals surface area contributed by atoms with Crippen LogP contribution in [0.3, 0.4) is 0 Å². The van der Waals surface area contributed by atoms with Crippen molar-refractivity contribution in [3.8, 4) is 11.5 Å². The van der Waals surface area contributed by atoms with Gasteiger partial charge in [-0.1, -0.05) is 30.3 Å². The van der Waals surface area contributed by atoms with Gasteiger partial charge in [0.05, 0.1) is 32.4 Å². The Morgan fingerprint density at radius 1 is 1.00 bits per heavy atom. The van der Waals surface area contributed by atoms with Crippen LogP contribution in [0.15, 0.2) is 53.4 Å². The SMILES string of the molecule is COc1cccc(CN2CCOCC2)c1OCCCCCSc1cc(C(F)(F)F)nc2ccccc12.Cl.Cl. The maximum Gasteiger partial charge on any atom is 0.433 e. The lowest BCUT2D eigenvalue weighted by atomic mass is 10.1. The van der Waals surface area contributed by atoms with Gasteiger partial charge >= 0.3 is 6.18 Å². The molecular weight excluding hydrogens is 560 g/mol. The summed E-state index contributed by atoms with van der Waals surface area (Å²) in [5.41, 5.74) is 0.617. The molecule has 0 bridgehead atoms. The zero-order valence-electron chi connectivity index (χ0n) is 21.2. The zero-order chi connectivity index (χ0) is 25.4. The number of methoxy groups -OCH3 is 1. The quantitative estimate of drug-likeness (QED) is 0.172. The smallest absolute Gasteiger partial charge is 0.433 e. The lowest BCUT2D eigenvalue weighted by Gasteiger charge is -2.27. The average Bonchev–Trinajstić information content (AvgIpc) is 2.88. The molecule has 0 N–H and O–H groups in total. The summed E-state index contributed by atoms with van der Waals surface area (Å²) in [6.45, 7) is 4.61. The van der Waals surface area contributed by atoms with Crippen molar-refractivity contribution in [3.05, 3.63) is 59.8 Å². The van der Waals surface area contributed by atoms with Crippen molar-refractivity contribution >= 4 is 47.5 Å². The molecular formula is C27H33Cl2F3N2O3S. The summed E-state index contributed by atoms with van der Waals surface area (Å²) in [7, 11) is 1.64. The number of hydrogen-bond acceptors (Lipinski definition) is 6. The second kappa shape index (κ2) is 15.6. The van der Waals surface area contributed by atoms with Crippen molar-refractivity contribution in [3.63, 3.8) is 0 Å². The molecule has 5 nitrogen and oxygen atoms in total. The molecule has 38 heavy (non-hydrogen) atoms. The number of nitrogens with zero attached hydrogens (tertiary/aromatic N) is 2. The first-order chi connectivity index (χ1) is 17.5. The van der Waals surface area contributed by atoms with Gasteiger partial charge in [0.15, 0.2) is 11.5 Å². The van der Waals surface area contributed by atoms with Crippen LogP contribution in [0.5, 0.6) is 11.5 Å². The number of pyridine rings is 1. The Morgan fingerprint density at radius 3 is 2.50 bits per heavy atom. The second-order valence-electron chi connectivity index (χ2n) is 8.62. The number of rotatable bonds is 11. The molecule has 1 fully saturated rings. The third-order valence-electron chi connectivity index (χ3n) is 6.04. The van der Waals surface area contributed by atoms with E-state index in [0.29, 0.717) is 17.0 Å². The maximum absolute atomic E-state index is 13.3. The van der Waals surface area contributed by atoms with Crippen molar-refractivity contribution in [2.24, 2.45) is 0 Å². The molecule has 11 heteroatoms. The Bertz CT molecular complexity index is 1150. The first-order valence-corrected chi connectivity index (χ1v) is 13.1.